The summed E-state index contributed by atoms with van der Waals surface area (Å²) in [4.78, 5) is 18.1. The van der Waals surface area contributed by atoms with Crippen molar-refractivity contribution in [3.05, 3.63) is 0 Å². The van der Waals surface area contributed by atoms with Crippen molar-refractivity contribution >= 4 is 12.1 Å². The minimum absolute atomic E-state index is 0.233. The number of hydrogen-bond acceptors (Lipinski definition) is 3. The quantitative estimate of drug-likeness (QED) is 0.462. The number of ether oxygens (including phenoxy) is 1. The van der Waals surface area contributed by atoms with Crippen molar-refractivity contribution in [1.82, 2.24) is 10.2 Å². The number of guanidine groups is 1. The first-order valence-electron chi connectivity index (χ1n) is 7.83. The molecule has 0 aromatic rings. The molecule has 21 heavy (non-hydrogen) atoms. The maximum Gasteiger partial charge on any atom is 0.410 e. The lowest BCUT2D eigenvalue weighted by molar-refractivity contribution is 0.0289. The average Bonchev–Trinajstić information content (AvgIpc) is 2.83. The Hall–Kier alpha value is -1.46. The number of nitrogens with one attached hydrogen (secondary N) is 1. The second-order valence-electron chi connectivity index (χ2n) is 6.59. The van der Waals surface area contributed by atoms with Crippen LogP contribution in [0.4, 0.5) is 4.79 Å². The van der Waals surface area contributed by atoms with Crippen LogP contribution >= 0.6 is 0 Å². The van der Waals surface area contributed by atoms with Crippen LogP contribution in [0.15, 0.2) is 4.99 Å². The average molecular weight is 298 g/mol. The van der Waals surface area contributed by atoms with E-state index in [1.165, 1.54) is 0 Å². The predicted molar refractivity (Wildman–Crippen MR) is 85.3 cm³/mol. The first kappa shape index (κ1) is 17.6. The van der Waals surface area contributed by atoms with Gasteiger partial charge in [0.15, 0.2) is 5.96 Å². The molecule has 1 aliphatic rings. The van der Waals surface area contributed by atoms with Gasteiger partial charge in [-0.15, -0.1) is 0 Å². The van der Waals surface area contributed by atoms with Gasteiger partial charge in [-0.3, -0.25) is 4.99 Å². The Morgan fingerprint density at radius 3 is 2.81 bits per heavy atom. The van der Waals surface area contributed by atoms with Crippen LogP contribution in [-0.4, -0.2) is 48.7 Å². The molecule has 0 aromatic carbocycles. The van der Waals surface area contributed by atoms with Crippen molar-refractivity contribution in [2.24, 2.45) is 16.6 Å². The Morgan fingerprint density at radius 1 is 1.48 bits per heavy atom. The van der Waals surface area contributed by atoms with E-state index in [4.69, 9.17) is 10.5 Å². The number of rotatable bonds is 5. The van der Waals surface area contributed by atoms with Crippen LogP contribution in [0.1, 0.15) is 47.0 Å². The third kappa shape index (κ3) is 7.20. The highest BCUT2D eigenvalue weighted by atomic mass is 16.6. The van der Waals surface area contributed by atoms with Crippen LogP contribution in [0.3, 0.4) is 0 Å². The van der Waals surface area contributed by atoms with Gasteiger partial charge in [-0.05, 0) is 39.5 Å². The smallest absolute Gasteiger partial charge is 0.410 e. The van der Waals surface area contributed by atoms with Gasteiger partial charge in [0.1, 0.15) is 5.60 Å². The number of nitrogens with zero attached hydrogens (tertiary/aromatic N) is 2. The van der Waals surface area contributed by atoms with Crippen molar-refractivity contribution in [3.63, 3.8) is 0 Å². The summed E-state index contributed by atoms with van der Waals surface area (Å²) >= 11 is 0. The predicted octanol–water partition coefficient (Wildman–Crippen LogP) is 1.95. The number of unbranched alkanes of at least 4 members (excludes halogenated alkanes) is 1. The van der Waals surface area contributed by atoms with Gasteiger partial charge in [0.25, 0.3) is 0 Å². The van der Waals surface area contributed by atoms with Gasteiger partial charge in [-0.1, -0.05) is 13.3 Å². The number of carbonyl (C=O) groups excluding carboxylic acids is 1. The molecule has 0 spiro atoms. The molecule has 0 saturated carbocycles. The second kappa shape index (κ2) is 8.10. The lowest BCUT2D eigenvalue weighted by atomic mass is 10.1. The normalized spacial score (nSPS) is 19.7. The fourth-order valence-electron chi connectivity index (χ4n) is 2.15. The lowest BCUT2D eigenvalue weighted by Gasteiger charge is -2.24. The molecule has 1 aliphatic heterocycles. The fourth-order valence-corrected chi connectivity index (χ4v) is 2.15. The maximum absolute atomic E-state index is 11.9. The number of amides is 1. The van der Waals surface area contributed by atoms with Crippen molar-refractivity contribution in [2.75, 3.05) is 26.2 Å². The van der Waals surface area contributed by atoms with Crippen LogP contribution in [-0.2, 0) is 4.74 Å². The molecule has 1 atom stereocenters. The summed E-state index contributed by atoms with van der Waals surface area (Å²) in [6.07, 6.45) is 2.94. The summed E-state index contributed by atoms with van der Waals surface area (Å²) in [7, 11) is 0. The highest BCUT2D eigenvalue weighted by Gasteiger charge is 2.29. The molecule has 1 unspecified atom stereocenters. The number of aliphatic imine (C=N–C) groups is 1. The summed E-state index contributed by atoms with van der Waals surface area (Å²) in [5, 5.41) is 3.10. The van der Waals surface area contributed by atoms with Gasteiger partial charge >= 0.3 is 6.09 Å². The third-order valence-corrected chi connectivity index (χ3v) is 3.29. The SMILES string of the molecule is CCCCNC(N)=NCC1CCN(C(=O)OC(C)(C)C)C1. The van der Waals surface area contributed by atoms with Crippen LogP contribution in [0, 0.1) is 5.92 Å². The van der Waals surface area contributed by atoms with Crippen molar-refractivity contribution in [3.8, 4) is 0 Å². The zero-order valence-electron chi connectivity index (χ0n) is 13.8. The third-order valence-electron chi connectivity index (χ3n) is 3.29. The molecule has 0 aromatic heterocycles. The Labute approximate surface area is 128 Å². The van der Waals surface area contributed by atoms with E-state index in [9.17, 15) is 4.79 Å². The maximum atomic E-state index is 11.9. The van der Waals surface area contributed by atoms with E-state index < -0.39 is 5.60 Å². The van der Waals surface area contributed by atoms with Gasteiger partial charge in [0, 0.05) is 26.2 Å². The van der Waals surface area contributed by atoms with E-state index in [2.05, 4.69) is 17.2 Å². The van der Waals surface area contributed by atoms with E-state index in [1.54, 1.807) is 4.90 Å². The highest BCUT2D eigenvalue weighted by molar-refractivity contribution is 5.77. The van der Waals surface area contributed by atoms with Gasteiger partial charge in [-0.25, -0.2) is 4.79 Å². The number of hydrogen-bond donors (Lipinski definition) is 2. The summed E-state index contributed by atoms with van der Waals surface area (Å²) in [6.45, 7) is 10.7. The largest absolute Gasteiger partial charge is 0.444 e. The Morgan fingerprint density at radius 2 is 2.19 bits per heavy atom. The molecule has 1 rings (SSSR count). The van der Waals surface area contributed by atoms with Crippen LogP contribution < -0.4 is 11.1 Å². The molecule has 1 saturated heterocycles. The standard InChI is InChI=1S/C15H30N4O2/c1-5-6-8-17-13(16)18-10-12-7-9-19(11-12)14(20)21-15(2,3)4/h12H,5-11H2,1-4H3,(H3,16,17,18). The number of nitrogens with two attached hydrogens (primary N) is 1. The monoisotopic (exact) mass is 298 g/mol. The van der Waals surface area contributed by atoms with E-state index in [1.807, 2.05) is 20.8 Å². The van der Waals surface area contributed by atoms with E-state index >= 15 is 0 Å². The van der Waals surface area contributed by atoms with Gasteiger partial charge in [0.05, 0.1) is 0 Å². The number of likely N-dealkylation sites (tertiary alicyclic amines) is 1. The molecule has 122 valence electrons. The first-order chi connectivity index (χ1) is 9.81. The fraction of sp³-hybridized carbons (Fsp3) is 0.867. The molecular formula is C15H30N4O2. The minimum atomic E-state index is -0.444. The minimum Gasteiger partial charge on any atom is -0.444 e. The van der Waals surface area contributed by atoms with Crippen LogP contribution in [0.25, 0.3) is 0 Å². The Bertz CT molecular complexity index is 363. The summed E-state index contributed by atoms with van der Waals surface area (Å²) in [5.74, 6) is 0.864. The first-order valence-corrected chi connectivity index (χ1v) is 7.83. The summed E-state index contributed by atoms with van der Waals surface area (Å²) in [6, 6.07) is 0. The highest BCUT2D eigenvalue weighted by Crippen LogP contribution is 2.19. The summed E-state index contributed by atoms with van der Waals surface area (Å²) < 4.78 is 5.38. The van der Waals surface area contributed by atoms with Crippen molar-refractivity contribution in [2.45, 2.75) is 52.6 Å². The van der Waals surface area contributed by atoms with Crippen LogP contribution in [0.2, 0.25) is 0 Å². The van der Waals surface area contributed by atoms with Crippen molar-refractivity contribution < 1.29 is 9.53 Å². The molecular weight excluding hydrogens is 268 g/mol. The zero-order chi connectivity index (χ0) is 15.9. The van der Waals surface area contributed by atoms with Gasteiger partial charge in [-0.2, -0.15) is 0 Å². The van der Waals surface area contributed by atoms with Gasteiger partial charge < -0.3 is 20.7 Å². The van der Waals surface area contributed by atoms with Gasteiger partial charge in [0.2, 0.25) is 0 Å². The molecule has 0 bridgehead atoms. The second-order valence-corrected chi connectivity index (χ2v) is 6.59. The lowest BCUT2D eigenvalue weighted by Crippen LogP contribution is -2.35. The molecule has 0 aliphatic carbocycles. The summed E-state index contributed by atoms with van der Waals surface area (Å²) in [5.41, 5.74) is 5.36. The molecule has 1 fully saturated rings. The number of carbonyl (C=O) groups is 1. The Kier molecular flexibility index (Phi) is 6.78. The molecule has 6 nitrogen and oxygen atoms in total. The zero-order valence-corrected chi connectivity index (χ0v) is 13.8. The van der Waals surface area contributed by atoms with E-state index in [0.29, 0.717) is 25.0 Å². The molecule has 0 radical (unpaired) electrons. The van der Waals surface area contributed by atoms with Crippen LogP contribution in [0.5, 0.6) is 0 Å². The molecule has 6 heteroatoms. The van der Waals surface area contributed by atoms with Crippen molar-refractivity contribution in [1.29, 1.82) is 0 Å². The van der Waals surface area contributed by atoms with E-state index in [-0.39, 0.29) is 6.09 Å². The topological polar surface area (TPSA) is 80.0 Å². The molecule has 3 N–H and O–H groups in total. The molecule has 1 heterocycles. The van der Waals surface area contributed by atoms with E-state index in [0.717, 1.165) is 32.4 Å². The Balaban J connectivity index is 2.31. The molecule has 1 amide bonds.